The number of ketones is 1. The van der Waals surface area contributed by atoms with Gasteiger partial charge in [-0.25, -0.2) is 0 Å². The van der Waals surface area contributed by atoms with E-state index in [0.29, 0.717) is 13.0 Å². The molecule has 1 aromatic rings. The lowest BCUT2D eigenvalue weighted by Crippen LogP contribution is -2.45. The predicted octanol–water partition coefficient (Wildman–Crippen LogP) is 4.05. The van der Waals surface area contributed by atoms with Gasteiger partial charge in [-0.1, -0.05) is 68.7 Å². The van der Waals surface area contributed by atoms with Gasteiger partial charge in [-0.2, -0.15) is 0 Å². The van der Waals surface area contributed by atoms with E-state index in [-0.39, 0.29) is 17.7 Å². The summed E-state index contributed by atoms with van der Waals surface area (Å²) < 4.78 is 0. The molecule has 0 aromatic heterocycles. The number of Topliss-reactive ketones (excluding diaryl/α,β-unsaturated/α-hetero) is 1. The first-order valence-electron chi connectivity index (χ1n) is 8.76. The van der Waals surface area contributed by atoms with E-state index in [1.807, 2.05) is 30.3 Å². The van der Waals surface area contributed by atoms with Gasteiger partial charge < -0.3 is 4.90 Å². The Hall–Kier alpha value is -2.16. The lowest BCUT2D eigenvalue weighted by atomic mass is 9.69. The van der Waals surface area contributed by atoms with Crippen LogP contribution >= 0.6 is 0 Å². The Bertz CT molecular complexity index is 608. The van der Waals surface area contributed by atoms with Gasteiger partial charge in [0, 0.05) is 12.6 Å². The molecule has 3 heteroatoms. The number of nitrogens with zero attached hydrogens (tertiary/aromatic N) is 1. The summed E-state index contributed by atoms with van der Waals surface area (Å²) in [4.78, 5) is 27.5. The van der Waals surface area contributed by atoms with Crippen LogP contribution in [0.5, 0.6) is 0 Å². The maximum Gasteiger partial charge on any atom is 0.291 e. The summed E-state index contributed by atoms with van der Waals surface area (Å²) in [7, 11) is 0. The quantitative estimate of drug-likeness (QED) is 0.390. The molecule has 1 amide bonds. The van der Waals surface area contributed by atoms with Crippen LogP contribution in [-0.4, -0.2) is 29.2 Å². The second-order valence-electron chi connectivity index (χ2n) is 6.42. The summed E-state index contributed by atoms with van der Waals surface area (Å²) in [5.41, 5.74) is 0.0907. The Morgan fingerprint density at radius 3 is 2.42 bits per heavy atom. The molecule has 0 spiro atoms. The maximum absolute atomic E-state index is 13.1. The molecule has 1 heterocycles. The normalized spacial score (nSPS) is 23.5. The number of benzene rings is 1. The highest BCUT2D eigenvalue weighted by Crippen LogP contribution is 2.43. The summed E-state index contributed by atoms with van der Waals surface area (Å²) >= 11 is 0. The Morgan fingerprint density at radius 2 is 1.83 bits per heavy atom. The largest absolute Gasteiger partial charge is 0.328 e. The Balaban J connectivity index is 2.53. The number of carbonyl (C=O) groups is 2. The third-order valence-corrected chi connectivity index (χ3v) is 4.97. The number of unbranched alkanes of at least 4 members (excludes halogenated alkanes) is 2. The number of likely N-dealkylation sites (tertiary alicyclic amines) is 1. The molecule has 2 rings (SSSR count). The van der Waals surface area contributed by atoms with Crippen LogP contribution in [0.3, 0.4) is 0 Å². The summed E-state index contributed by atoms with van der Waals surface area (Å²) in [6.07, 6.45) is 7.97. The number of hydrogen-bond donors (Lipinski definition) is 0. The number of amides is 1. The van der Waals surface area contributed by atoms with Gasteiger partial charge in [0.05, 0.1) is 5.41 Å². The van der Waals surface area contributed by atoms with E-state index >= 15 is 0 Å². The number of allylic oxidation sites excluding steroid dienone is 1. The van der Waals surface area contributed by atoms with Crippen LogP contribution in [0.25, 0.3) is 0 Å². The molecular formula is C21H27NO2. The minimum absolute atomic E-state index is 0.137. The van der Waals surface area contributed by atoms with E-state index in [9.17, 15) is 9.59 Å². The zero-order chi connectivity index (χ0) is 17.6. The number of carbonyl (C=O) groups excluding carboxylic acids is 2. The van der Waals surface area contributed by atoms with Gasteiger partial charge in [0.25, 0.3) is 5.91 Å². The van der Waals surface area contributed by atoms with E-state index in [1.165, 1.54) is 0 Å². The number of rotatable bonds is 9. The third-order valence-electron chi connectivity index (χ3n) is 4.97. The molecule has 0 bridgehead atoms. The first-order valence-corrected chi connectivity index (χ1v) is 8.76. The van der Waals surface area contributed by atoms with Crippen molar-refractivity contribution in [2.24, 2.45) is 0 Å². The summed E-state index contributed by atoms with van der Waals surface area (Å²) in [6, 6.07) is 9.56. The average molecular weight is 325 g/mol. The van der Waals surface area contributed by atoms with Crippen LogP contribution in [-0.2, 0) is 15.0 Å². The van der Waals surface area contributed by atoms with Gasteiger partial charge in [0.2, 0.25) is 5.78 Å². The molecule has 0 aliphatic carbocycles. The average Bonchev–Trinajstić information content (AvgIpc) is 2.80. The molecule has 1 saturated heterocycles. The van der Waals surface area contributed by atoms with Gasteiger partial charge in [0.1, 0.15) is 0 Å². The molecule has 2 atom stereocenters. The summed E-state index contributed by atoms with van der Waals surface area (Å²) in [5.74, 6) is -0.695. The zero-order valence-electron chi connectivity index (χ0n) is 14.5. The monoisotopic (exact) mass is 325 g/mol. The van der Waals surface area contributed by atoms with E-state index in [2.05, 4.69) is 20.1 Å². The zero-order valence-corrected chi connectivity index (χ0v) is 14.5. The maximum atomic E-state index is 13.1. The fourth-order valence-electron chi connectivity index (χ4n) is 3.85. The predicted molar refractivity (Wildman–Crippen MR) is 97.8 cm³/mol. The molecule has 0 saturated carbocycles. The SMILES string of the molecule is C=CCN1C(=O)C(=O)[C@](CC=C)(c2ccccc2)[C@@H]1CCCCC. The molecule has 1 aliphatic rings. The Morgan fingerprint density at radius 1 is 1.12 bits per heavy atom. The van der Waals surface area contributed by atoms with Crippen molar-refractivity contribution in [3.63, 3.8) is 0 Å². The molecule has 0 N–H and O–H groups in total. The fourth-order valence-corrected chi connectivity index (χ4v) is 3.85. The molecule has 1 fully saturated rings. The molecule has 1 aliphatic heterocycles. The fraction of sp³-hybridized carbons (Fsp3) is 0.429. The van der Waals surface area contributed by atoms with Gasteiger partial charge in [-0.3, -0.25) is 9.59 Å². The van der Waals surface area contributed by atoms with Crippen molar-refractivity contribution in [3.05, 3.63) is 61.2 Å². The van der Waals surface area contributed by atoms with Crippen molar-refractivity contribution in [1.29, 1.82) is 0 Å². The first-order chi connectivity index (χ1) is 11.6. The Kier molecular flexibility index (Phi) is 6.13. The first kappa shape index (κ1) is 18.2. The van der Waals surface area contributed by atoms with E-state index in [4.69, 9.17) is 0 Å². The van der Waals surface area contributed by atoms with Crippen LogP contribution in [0.1, 0.15) is 44.6 Å². The van der Waals surface area contributed by atoms with Gasteiger partial charge in [-0.05, 0) is 18.4 Å². The molecule has 0 unspecified atom stereocenters. The van der Waals surface area contributed by atoms with Crippen molar-refractivity contribution < 1.29 is 9.59 Å². The van der Waals surface area contributed by atoms with Crippen molar-refractivity contribution in [2.45, 2.75) is 50.5 Å². The van der Waals surface area contributed by atoms with Crippen LogP contribution in [0, 0.1) is 0 Å². The van der Waals surface area contributed by atoms with Crippen LogP contribution in [0.4, 0.5) is 0 Å². The minimum atomic E-state index is -0.823. The molecule has 128 valence electrons. The summed E-state index contributed by atoms with van der Waals surface area (Å²) in [5, 5.41) is 0. The van der Waals surface area contributed by atoms with Crippen molar-refractivity contribution in [2.75, 3.05) is 6.54 Å². The van der Waals surface area contributed by atoms with E-state index in [1.54, 1.807) is 17.1 Å². The highest BCUT2D eigenvalue weighted by molar-refractivity contribution is 6.42. The van der Waals surface area contributed by atoms with Gasteiger partial charge in [-0.15, -0.1) is 13.2 Å². The second kappa shape index (κ2) is 8.09. The lowest BCUT2D eigenvalue weighted by Gasteiger charge is -2.36. The second-order valence-corrected chi connectivity index (χ2v) is 6.42. The number of hydrogen-bond acceptors (Lipinski definition) is 2. The van der Waals surface area contributed by atoms with Gasteiger partial charge >= 0.3 is 0 Å². The molecule has 24 heavy (non-hydrogen) atoms. The molecular weight excluding hydrogens is 298 g/mol. The lowest BCUT2D eigenvalue weighted by molar-refractivity contribution is -0.141. The van der Waals surface area contributed by atoms with Crippen molar-refractivity contribution in [3.8, 4) is 0 Å². The van der Waals surface area contributed by atoms with Crippen molar-refractivity contribution >= 4 is 11.7 Å². The van der Waals surface area contributed by atoms with Crippen LogP contribution < -0.4 is 0 Å². The highest BCUT2D eigenvalue weighted by Gasteiger charge is 2.58. The van der Waals surface area contributed by atoms with Crippen LogP contribution in [0.15, 0.2) is 55.6 Å². The van der Waals surface area contributed by atoms with Crippen LogP contribution in [0.2, 0.25) is 0 Å². The third kappa shape index (κ3) is 3.08. The molecule has 0 radical (unpaired) electrons. The smallest absolute Gasteiger partial charge is 0.291 e. The standard InChI is InChI=1S/C21H27NO2/c1-4-7-9-14-18-21(15-5-2,17-12-10-8-11-13-17)19(23)20(24)22(18)16-6-3/h5-6,8,10-13,18H,2-4,7,9,14-16H2,1H3/t18-,21+/m0/s1. The topological polar surface area (TPSA) is 37.4 Å². The van der Waals surface area contributed by atoms with E-state index in [0.717, 1.165) is 31.2 Å². The van der Waals surface area contributed by atoms with Gasteiger partial charge in [0.15, 0.2) is 0 Å². The Labute approximate surface area is 145 Å². The summed E-state index contributed by atoms with van der Waals surface area (Å²) in [6.45, 7) is 10.2. The molecule has 3 nitrogen and oxygen atoms in total. The molecule has 1 aromatic carbocycles. The highest BCUT2D eigenvalue weighted by atomic mass is 16.2. The van der Waals surface area contributed by atoms with E-state index < -0.39 is 5.41 Å². The van der Waals surface area contributed by atoms with Crippen molar-refractivity contribution in [1.82, 2.24) is 4.90 Å². The minimum Gasteiger partial charge on any atom is -0.328 e.